The number of carbonyl (C=O) groups is 2. The van der Waals surface area contributed by atoms with Crippen LogP contribution >= 0.6 is 11.3 Å². The molecule has 8 nitrogen and oxygen atoms in total. The highest BCUT2D eigenvalue weighted by atomic mass is 32.2. The van der Waals surface area contributed by atoms with Gasteiger partial charge in [0.15, 0.2) is 5.13 Å². The molecule has 3 N–H and O–H groups in total. The van der Waals surface area contributed by atoms with Crippen molar-refractivity contribution in [1.29, 1.82) is 0 Å². The molecule has 0 radical (unpaired) electrons. The van der Waals surface area contributed by atoms with E-state index in [0.29, 0.717) is 10.2 Å². The fourth-order valence-corrected chi connectivity index (χ4v) is 4.21. The Balaban J connectivity index is 1.48. The standard InChI is InChI=1S/C18H17FN4O4S2/c1-11-2-5-13(6-3-11)29(26,27)21-10-16(24)20-9-17(25)23-18-22-14-7-4-12(19)8-15(14)28-18/h2-8,21H,9-10H2,1H3,(H,20,24)(H,22,23,25). The van der Waals surface area contributed by atoms with E-state index in [2.05, 4.69) is 20.3 Å². The Bertz CT molecular complexity index is 1160. The lowest BCUT2D eigenvalue weighted by Crippen LogP contribution is -2.40. The van der Waals surface area contributed by atoms with Crippen molar-refractivity contribution >= 4 is 48.5 Å². The Morgan fingerprint density at radius 2 is 1.79 bits per heavy atom. The van der Waals surface area contributed by atoms with E-state index >= 15 is 0 Å². The number of aryl methyl sites for hydroxylation is 1. The van der Waals surface area contributed by atoms with E-state index in [-0.39, 0.29) is 16.6 Å². The highest BCUT2D eigenvalue weighted by molar-refractivity contribution is 7.89. The lowest BCUT2D eigenvalue weighted by atomic mass is 10.2. The summed E-state index contributed by atoms with van der Waals surface area (Å²) < 4.78 is 40.2. The maximum Gasteiger partial charge on any atom is 0.245 e. The van der Waals surface area contributed by atoms with Gasteiger partial charge in [-0.3, -0.25) is 9.59 Å². The van der Waals surface area contributed by atoms with Crippen molar-refractivity contribution in [2.75, 3.05) is 18.4 Å². The molecule has 0 saturated carbocycles. The molecule has 11 heteroatoms. The minimum atomic E-state index is -3.83. The molecular formula is C18H17FN4O4S2. The molecular weight excluding hydrogens is 419 g/mol. The molecule has 0 unspecified atom stereocenters. The number of halogens is 1. The van der Waals surface area contributed by atoms with Crippen LogP contribution in [0.5, 0.6) is 0 Å². The Kier molecular flexibility index (Phi) is 6.20. The van der Waals surface area contributed by atoms with Gasteiger partial charge in [0.2, 0.25) is 21.8 Å². The van der Waals surface area contributed by atoms with Crippen LogP contribution in [0.3, 0.4) is 0 Å². The smallest absolute Gasteiger partial charge is 0.245 e. The number of sulfonamides is 1. The molecule has 1 aromatic heterocycles. The first-order valence-corrected chi connectivity index (χ1v) is 10.7. The highest BCUT2D eigenvalue weighted by Crippen LogP contribution is 2.26. The summed E-state index contributed by atoms with van der Waals surface area (Å²) in [7, 11) is -3.83. The summed E-state index contributed by atoms with van der Waals surface area (Å²) in [5.41, 5.74) is 1.45. The summed E-state index contributed by atoms with van der Waals surface area (Å²) in [4.78, 5) is 28.0. The van der Waals surface area contributed by atoms with Gasteiger partial charge in [0, 0.05) is 0 Å². The summed E-state index contributed by atoms with van der Waals surface area (Å²) >= 11 is 1.10. The van der Waals surface area contributed by atoms with Gasteiger partial charge in [-0.05, 0) is 37.3 Å². The van der Waals surface area contributed by atoms with Crippen LogP contribution in [0.25, 0.3) is 10.2 Å². The third-order valence-corrected chi connectivity index (χ3v) is 6.15. The number of aromatic nitrogens is 1. The van der Waals surface area contributed by atoms with Gasteiger partial charge in [-0.2, -0.15) is 0 Å². The second-order valence-electron chi connectivity index (χ2n) is 6.09. The second-order valence-corrected chi connectivity index (χ2v) is 8.89. The molecule has 152 valence electrons. The van der Waals surface area contributed by atoms with Crippen LogP contribution in [-0.4, -0.2) is 38.3 Å². The highest BCUT2D eigenvalue weighted by Gasteiger charge is 2.16. The van der Waals surface area contributed by atoms with E-state index in [0.717, 1.165) is 16.9 Å². The predicted octanol–water partition coefficient (Wildman–Crippen LogP) is 1.78. The third kappa shape index (κ3) is 5.56. The first kappa shape index (κ1) is 20.8. The van der Waals surface area contributed by atoms with E-state index in [4.69, 9.17) is 0 Å². The number of amides is 2. The molecule has 0 saturated heterocycles. The number of carbonyl (C=O) groups excluding carboxylic acids is 2. The topological polar surface area (TPSA) is 117 Å². The van der Waals surface area contributed by atoms with E-state index in [1.807, 2.05) is 6.92 Å². The first-order valence-electron chi connectivity index (χ1n) is 8.42. The van der Waals surface area contributed by atoms with Crippen LogP contribution < -0.4 is 15.4 Å². The summed E-state index contributed by atoms with van der Waals surface area (Å²) in [6.07, 6.45) is 0. The molecule has 0 fully saturated rings. The Labute approximate surface area is 170 Å². The maximum atomic E-state index is 13.2. The van der Waals surface area contributed by atoms with Gasteiger partial charge < -0.3 is 10.6 Å². The van der Waals surface area contributed by atoms with Crippen molar-refractivity contribution in [2.45, 2.75) is 11.8 Å². The number of thiazole rings is 1. The Morgan fingerprint density at radius 3 is 2.52 bits per heavy atom. The lowest BCUT2D eigenvalue weighted by molar-refractivity contribution is -0.123. The number of rotatable bonds is 7. The number of fused-ring (bicyclic) bond motifs is 1. The number of hydrogen-bond donors (Lipinski definition) is 3. The van der Waals surface area contributed by atoms with Crippen LogP contribution in [0, 0.1) is 12.7 Å². The van der Waals surface area contributed by atoms with Crippen molar-refractivity contribution in [3.63, 3.8) is 0 Å². The van der Waals surface area contributed by atoms with Crippen molar-refractivity contribution in [2.24, 2.45) is 0 Å². The van der Waals surface area contributed by atoms with Crippen molar-refractivity contribution < 1.29 is 22.4 Å². The number of nitrogens with zero attached hydrogens (tertiary/aromatic N) is 1. The molecule has 29 heavy (non-hydrogen) atoms. The van der Waals surface area contributed by atoms with Gasteiger partial charge in [0.05, 0.1) is 28.2 Å². The quantitative estimate of drug-likeness (QED) is 0.522. The fraction of sp³-hybridized carbons (Fsp3) is 0.167. The molecule has 2 amide bonds. The average Bonchev–Trinajstić information content (AvgIpc) is 3.06. The van der Waals surface area contributed by atoms with Crippen molar-refractivity contribution in [3.05, 3.63) is 53.8 Å². The summed E-state index contributed by atoms with van der Waals surface area (Å²) in [6, 6.07) is 10.2. The lowest BCUT2D eigenvalue weighted by Gasteiger charge is -2.08. The van der Waals surface area contributed by atoms with Crippen LogP contribution in [0.15, 0.2) is 47.4 Å². The van der Waals surface area contributed by atoms with Crippen molar-refractivity contribution in [1.82, 2.24) is 15.0 Å². The van der Waals surface area contributed by atoms with Crippen molar-refractivity contribution in [3.8, 4) is 0 Å². The molecule has 0 aliphatic heterocycles. The van der Waals surface area contributed by atoms with E-state index in [1.54, 1.807) is 12.1 Å². The van der Waals surface area contributed by atoms with Gasteiger partial charge in [0.1, 0.15) is 5.82 Å². The van der Waals surface area contributed by atoms with Crippen LogP contribution in [0.2, 0.25) is 0 Å². The zero-order valence-corrected chi connectivity index (χ0v) is 16.9. The normalized spacial score (nSPS) is 11.4. The van der Waals surface area contributed by atoms with Crippen LogP contribution in [0.1, 0.15) is 5.56 Å². The Hall–Kier alpha value is -2.89. The van der Waals surface area contributed by atoms with Crippen LogP contribution in [0.4, 0.5) is 9.52 Å². The summed E-state index contributed by atoms with van der Waals surface area (Å²) in [5.74, 6) is -1.61. The molecule has 0 bridgehead atoms. The number of anilines is 1. The zero-order chi connectivity index (χ0) is 21.0. The zero-order valence-electron chi connectivity index (χ0n) is 15.2. The molecule has 3 rings (SSSR count). The molecule has 0 aliphatic rings. The minimum absolute atomic E-state index is 0.0425. The first-order chi connectivity index (χ1) is 13.7. The molecule has 0 spiro atoms. The minimum Gasteiger partial charge on any atom is -0.346 e. The van der Waals surface area contributed by atoms with Gasteiger partial charge in [-0.1, -0.05) is 29.0 Å². The van der Waals surface area contributed by atoms with Crippen LogP contribution in [-0.2, 0) is 19.6 Å². The molecule has 3 aromatic rings. The van der Waals surface area contributed by atoms with Gasteiger partial charge >= 0.3 is 0 Å². The number of benzene rings is 2. The summed E-state index contributed by atoms with van der Waals surface area (Å²) in [5, 5.41) is 5.09. The monoisotopic (exact) mass is 436 g/mol. The molecule has 0 atom stereocenters. The second kappa shape index (κ2) is 8.64. The molecule has 0 aliphatic carbocycles. The SMILES string of the molecule is Cc1ccc(S(=O)(=O)NCC(=O)NCC(=O)Nc2nc3ccc(F)cc3s2)cc1. The maximum absolute atomic E-state index is 13.2. The summed E-state index contributed by atoms with van der Waals surface area (Å²) in [6.45, 7) is 0.953. The van der Waals surface area contributed by atoms with Gasteiger partial charge in [-0.15, -0.1) is 0 Å². The Morgan fingerprint density at radius 1 is 1.07 bits per heavy atom. The number of hydrogen-bond acceptors (Lipinski definition) is 6. The predicted molar refractivity (Wildman–Crippen MR) is 108 cm³/mol. The van der Waals surface area contributed by atoms with Gasteiger partial charge in [0.25, 0.3) is 0 Å². The average molecular weight is 436 g/mol. The van der Waals surface area contributed by atoms with E-state index in [1.165, 1.54) is 30.3 Å². The molecule has 2 aromatic carbocycles. The van der Waals surface area contributed by atoms with Gasteiger partial charge in [-0.25, -0.2) is 22.5 Å². The van der Waals surface area contributed by atoms with E-state index in [9.17, 15) is 22.4 Å². The molecule has 1 heterocycles. The largest absolute Gasteiger partial charge is 0.346 e. The van der Waals surface area contributed by atoms with E-state index < -0.39 is 34.2 Å². The fourth-order valence-electron chi connectivity index (χ4n) is 2.32. The number of nitrogens with one attached hydrogen (secondary N) is 3. The third-order valence-electron chi connectivity index (χ3n) is 3.80.